The molecular formula is C11H9ClFNO2. The number of halogens is 2. The van der Waals surface area contributed by atoms with Crippen LogP contribution in [-0.4, -0.2) is 12.6 Å². The second kappa shape index (κ2) is 4.95. The highest BCUT2D eigenvalue weighted by atomic mass is 35.5. The van der Waals surface area contributed by atoms with Gasteiger partial charge in [0.15, 0.2) is 0 Å². The summed E-state index contributed by atoms with van der Waals surface area (Å²) in [5, 5.41) is 9.14. The van der Waals surface area contributed by atoms with E-state index in [0.717, 1.165) is 0 Å². The van der Waals surface area contributed by atoms with Crippen LogP contribution in [-0.2, 0) is 15.2 Å². The van der Waals surface area contributed by atoms with Crippen molar-refractivity contribution in [3.05, 3.63) is 34.9 Å². The molecule has 0 aliphatic heterocycles. The van der Waals surface area contributed by atoms with E-state index >= 15 is 0 Å². The molecule has 0 aromatic heterocycles. The molecule has 0 bridgehead atoms. The molecule has 1 unspecified atom stereocenters. The van der Waals surface area contributed by atoms with Gasteiger partial charge in [0.25, 0.3) is 0 Å². The smallest absolute Gasteiger partial charge is 0.363 e. The number of carbonyl (C=O) groups excluding carboxylic acids is 1. The zero-order valence-electron chi connectivity index (χ0n) is 8.54. The zero-order chi connectivity index (χ0) is 12.2. The van der Waals surface area contributed by atoms with Gasteiger partial charge >= 0.3 is 11.6 Å². The third kappa shape index (κ3) is 2.31. The Morgan fingerprint density at radius 2 is 2.12 bits per heavy atom. The molecule has 0 N–H and O–H groups in total. The van der Waals surface area contributed by atoms with E-state index in [2.05, 4.69) is 4.74 Å². The molecule has 0 saturated carbocycles. The number of nitrogens with zero attached hydrogens (tertiary/aromatic N) is 1. The first kappa shape index (κ1) is 12.5. The number of ether oxygens (including phenoxy) is 1. The highest BCUT2D eigenvalue weighted by Gasteiger charge is 2.42. The van der Waals surface area contributed by atoms with Gasteiger partial charge in [-0.2, -0.15) is 5.26 Å². The van der Waals surface area contributed by atoms with Gasteiger partial charge in [-0.25, -0.2) is 9.18 Å². The molecule has 0 fully saturated rings. The second-order valence-electron chi connectivity index (χ2n) is 3.00. The summed E-state index contributed by atoms with van der Waals surface area (Å²) in [7, 11) is 0. The SMILES string of the molecule is CCOC(=O)C(F)(C#N)c1ccc(Cl)cc1. The average Bonchev–Trinajstić information content (AvgIpc) is 2.29. The van der Waals surface area contributed by atoms with E-state index < -0.39 is 11.6 Å². The molecule has 0 aliphatic carbocycles. The minimum Gasteiger partial charge on any atom is -0.463 e. The van der Waals surface area contributed by atoms with Gasteiger partial charge in [0.1, 0.15) is 6.07 Å². The molecule has 1 rings (SSSR count). The fourth-order valence-corrected chi connectivity index (χ4v) is 1.26. The second-order valence-corrected chi connectivity index (χ2v) is 3.43. The van der Waals surface area contributed by atoms with Crippen molar-refractivity contribution in [3.63, 3.8) is 0 Å². The first-order valence-corrected chi connectivity index (χ1v) is 4.95. The molecule has 0 heterocycles. The van der Waals surface area contributed by atoms with E-state index in [1.165, 1.54) is 37.3 Å². The summed E-state index contributed by atoms with van der Waals surface area (Å²) in [6.07, 6.45) is 0. The Bertz CT molecular complexity index is 427. The van der Waals surface area contributed by atoms with Gasteiger partial charge in [0, 0.05) is 10.6 Å². The zero-order valence-corrected chi connectivity index (χ0v) is 9.29. The Morgan fingerprint density at radius 3 is 2.56 bits per heavy atom. The summed E-state index contributed by atoms with van der Waals surface area (Å²) >= 11 is 5.62. The van der Waals surface area contributed by atoms with Gasteiger partial charge in [-0.3, -0.25) is 0 Å². The Balaban J connectivity index is 3.10. The first-order chi connectivity index (χ1) is 7.54. The lowest BCUT2D eigenvalue weighted by Gasteiger charge is -2.15. The Hall–Kier alpha value is -1.60. The quantitative estimate of drug-likeness (QED) is 0.765. The van der Waals surface area contributed by atoms with Gasteiger partial charge in [-0.15, -0.1) is 0 Å². The summed E-state index contributed by atoms with van der Waals surface area (Å²) in [5.41, 5.74) is -2.86. The molecule has 0 radical (unpaired) electrons. The van der Waals surface area contributed by atoms with Crippen LogP contribution >= 0.6 is 11.6 Å². The van der Waals surface area contributed by atoms with Crippen molar-refractivity contribution in [2.24, 2.45) is 0 Å². The summed E-state index contributed by atoms with van der Waals surface area (Å²) in [6, 6.07) is 6.68. The van der Waals surface area contributed by atoms with Crippen molar-refractivity contribution in [2.45, 2.75) is 12.6 Å². The van der Waals surface area contributed by atoms with Crippen molar-refractivity contribution >= 4 is 17.6 Å². The molecule has 1 atom stereocenters. The summed E-state index contributed by atoms with van der Waals surface area (Å²) in [6.45, 7) is 1.55. The van der Waals surface area contributed by atoms with Crippen LogP contribution in [0.3, 0.4) is 0 Å². The number of alkyl halides is 1. The Kier molecular flexibility index (Phi) is 3.86. The van der Waals surface area contributed by atoms with E-state index in [4.69, 9.17) is 16.9 Å². The maximum atomic E-state index is 14.1. The number of nitriles is 1. The van der Waals surface area contributed by atoms with Crippen LogP contribution < -0.4 is 0 Å². The van der Waals surface area contributed by atoms with Gasteiger partial charge in [-0.05, 0) is 19.1 Å². The van der Waals surface area contributed by atoms with E-state index in [1.54, 1.807) is 0 Å². The third-order valence-corrected chi connectivity index (χ3v) is 2.20. The molecule has 0 aliphatic rings. The van der Waals surface area contributed by atoms with Crippen molar-refractivity contribution in [2.75, 3.05) is 6.61 Å². The molecule has 0 amide bonds. The number of rotatable bonds is 3. The maximum absolute atomic E-state index is 14.1. The van der Waals surface area contributed by atoms with Gasteiger partial charge in [0.2, 0.25) is 0 Å². The molecular weight excluding hydrogens is 233 g/mol. The van der Waals surface area contributed by atoms with Crippen LogP contribution in [0.4, 0.5) is 4.39 Å². The fourth-order valence-electron chi connectivity index (χ4n) is 1.14. The number of esters is 1. The molecule has 0 saturated heterocycles. The lowest BCUT2D eigenvalue weighted by Crippen LogP contribution is -2.31. The van der Waals surface area contributed by atoms with Crippen molar-refractivity contribution in [1.29, 1.82) is 5.26 Å². The monoisotopic (exact) mass is 241 g/mol. The highest BCUT2D eigenvalue weighted by molar-refractivity contribution is 6.30. The van der Waals surface area contributed by atoms with Crippen LogP contribution in [0.5, 0.6) is 0 Å². The average molecular weight is 242 g/mol. The topological polar surface area (TPSA) is 50.1 Å². The van der Waals surface area contributed by atoms with Gasteiger partial charge in [0.05, 0.1) is 6.61 Å². The minimum absolute atomic E-state index is 0.0137. The number of benzene rings is 1. The van der Waals surface area contributed by atoms with Crippen LogP contribution in [0.2, 0.25) is 5.02 Å². The fraction of sp³-hybridized carbons (Fsp3) is 0.273. The molecule has 5 heteroatoms. The van der Waals surface area contributed by atoms with Crippen LogP contribution in [0.1, 0.15) is 12.5 Å². The van der Waals surface area contributed by atoms with Crippen molar-refractivity contribution in [3.8, 4) is 6.07 Å². The standard InChI is InChI=1S/C11H9ClFNO2/c1-2-16-10(15)11(13,7-14)8-3-5-9(12)6-4-8/h3-6H,2H2,1H3. The van der Waals surface area contributed by atoms with E-state index in [1.807, 2.05) is 0 Å². The van der Waals surface area contributed by atoms with Gasteiger partial charge < -0.3 is 4.74 Å². The van der Waals surface area contributed by atoms with E-state index in [0.29, 0.717) is 5.02 Å². The summed E-state index contributed by atoms with van der Waals surface area (Å²) in [5.74, 6) is -1.21. The molecule has 1 aromatic rings. The Labute approximate surface area is 97.4 Å². The lowest BCUT2D eigenvalue weighted by atomic mass is 9.98. The summed E-state index contributed by atoms with van der Waals surface area (Å²) in [4.78, 5) is 11.3. The molecule has 0 spiro atoms. The Morgan fingerprint density at radius 1 is 1.56 bits per heavy atom. The van der Waals surface area contributed by atoms with Crippen LogP contribution in [0, 0.1) is 11.3 Å². The van der Waals surface area contributed by atoms with Crippen LogP contribution in [0.15, 0.2) is 24.3 Å². The molecule has 84 valence electrons. The normalized spacial score (nSPS) is 13.6. The highest BCUT2D eigenvalue weighted by Crippen LogP contribution is 2.28. The number of carbonyl (C=O) groups is 1. The predicted octanol–water partition coefficient (Wildman–Crippen LogP) is 2.59. The largest absolute Gasteiger partial charge is 0.463 e. The van der Waals surface area contributed by atoms with Crippen molar-refractivity contribution < 1.29 is 13.9 Å². The molecule has 16 heavy (non-hydrogen) atoms. The van der Waals surface area contributed by atoms with E-state index in [-0.39, 0.29) is 12.2 Å². The molecule has 1 aromatic carbocycles. The van der Waals surface area contributed by atoms with E-state index in [9.17, 15) is 9.18 Å². The molecule has 3 nitrogen and oxygen atoms in total. The van der Waals surface area contributed by atoms with Crippen LogP contribution in [0.25, 0.3) is 0 Å². The van der Waals surface area contributed by atoms with Gasteiger partial charge in [-0.1, -0.05) is 23.7 Å². The minimum atomic E-state index is -2.78. The summed E-state index contributed by atoms with van der Waals surface area (Å²) < 4.78 is 18.6. The lowest BCUT2D eigenvalue weighted by molar-refractivity contribution is -0.154. The number of hydrogen-bond acceptors (Lipinski definition) is 3. The maximum Gasteiger partial charge on any atom is 0.363 e. The predicted molar refractivity (Wildman–Crippen MR) is 56.5 cm³/mol. The first-order valence-electron chi connectivity index (χ1n) is 4.58. The van der Waals surface area contributed by atoms with Crippen molar-refractivity contribution in [1.82, 2.24) is 0 Å². The number of hydrogen-bond donors (Lipinski definition) is 0. The third-order valence-electron chi connectivity index (χ3n) is 1.95.